The summed E-state index contributed by atoms with van der Waals surface area (Å²) in [5, 5.41) is 7.08. The van der Waals surface area contributed by atoms with Gasteiger partial charge in [0.25, 0.3) is 0 Å². The van der Waals surface area contributed by atoms with Crippen LogP contribution in [0.4, 0.5) is 5.69 Å². The maximum atomic E-state index is 11.7. The first-order valence-electron chi connectivity index (χ1n) is 5.49. The van der Waals surface area contributed by atoms with Crippen LogP contribution in [0.3, 0.4) is 0 Å². The van der Waals surface area contributed by atoms with Gasteiger partial charge in [-0.3, -0.25) is 10.1 Å². The van der Waals surface area contributed by atoms with Crippen molar-refractivity contribution in [1.29, 1.82) is 5.41 Å². The van der Waals surface area contributed by atoms with Crippen LogP contribution < -0.4 is 15.2 Å². The molecule has 1 aromatic rings. The van der Waals surface area contributed by atoms with E-state index < -0.39 is 10.0 Å². The summed E-state index contributed by atoms with van der Waals surface area (Å²) in [7, 11) is -2.07. The second-order valence-electron chi connectivity index (χ2n) is 3.72. The summed E-state index contributed by atoms with van der Waals surface area (Å²) in [5.41, 5.74) is 5.49. The van der Waals surface area contributed by atoms with Crippen LogP contribution in [0, 0.1) is 5.41 Å². The van der Waals surface area contributed by atoms with E-state index in [0.717, 1.165) is 0 Å². The molecule has 0 spiro atoms. The molecule has 0 saturated heterocycles. The maximum Gasteiger partial charge on any atom is 0.235 e. The van der Waals surface area contributed by atoms with Crippen LogP contribution in [-0.2, 0) is 14.8 Å². The lowest BCUT2D eigenvalue weighted by Gasteiger charge is -2.12. The molecule has 1 rings (SSSR count). The van der Waals surface area contributed by atoms with Crippen molar-refractivity contribution in [2.24, 2.45) is 5.73 Å². The average Bonchev–Trinajstić information content (AvgIpc) is 2.35. The van der Waals surface area contributed by atoms with E-state index in [1.165, 1.54) is 7.11 Å². The van der Waals surface area contributed by atoms with Crippen LogP contribution in [0.1, 0.15) is 0 Å². The van der Waals surface area contributed by atoms with Crippen LogP contribution in [0.25, 0.3) is 0 Å². The number of hydrogen-bond acceptors (Lipinski definition) is 5. The van der Waals surface area contributed by atoms with Crippen LogP contribution in [0.2, 0.25) is 0 Å². The van der Waals surface area contributed by atoms with Gasteiger partial charge < -0.3 is 15.2 Å². The van der Waals surface area contributed by atoms with Gasteiger partial charge in [-0.1, -0.05) is 12.1 Å². The zero-order valence-corrected chi connectivity index (χ0v) is 11.4. The van der Waals surface area contributed by atoms with Crippen molar-refractivity contribution in [2.75, 3.05) is 30.8 Å². The fraction of sp³-hybridized carbons (Fsp3) is 0.364. The summed E-state index contributed by atoms with van der Waals surface area (Å²) >= 11 is 0. The minimum absolute atomic E-state index is 0.100. The summed E-state index contributed by atoms with van der Waals surface area (Å²) in [6, 6.07) is 6.54. The van der Waals surface area contributed by atoms with Crippen molar-refractivity contribution in [3.8, 4) is 5.75 Å². The first kappa shape index (κ1) is 15.3. The standard InChI is InChI=1S/C11H17N3O4S/c1-17-6-7-19(15,16)14-9-4-2-3-5-10(9)18-8-11(12)13/h2-5,14H,6-8H2,1H3,(H3,12,13). The molecule has 0 radical (unpaired) electrons. The monoisotopic (exact) mass is 287 g/mol. The number of sulfonamides is 1. The molecule has 0 heterocycles. The largest absolute Gasteiger partial charge is 0.484 e. The van der Waals surface area contributed by atoms with Crippen LogP contribution in [-0.4, -0.2) is 40.3 Å². The molecule has 0 bridgehead atoms. The van der Waals surface area contributed by atoms with Crippen molar-refractivity contribution in [3.05, 3.63) is 24.3 Å². The normalized spacial score (nSPS) is 11.0. The Morgan fingerprint density at radius 2 is 2.11 bits per heavy atom. The quantitative estimate of drug-likeness (QED) is 0.472. The molecule has 4 N–H and O–H groups in total. The fourth-order valence-electron chi connectivity index (χ4n) is 1.24. The number of ether oxygens (including phenoxy) is 2. The summed E-state index contributed by atoms with van der Waals surface area (Å²) in [6.07, 6.45) is 0. The maximum absolute atomic E-state index is 11.7. The zero-order chi connectivity index (χ0) is 14.3. The zero-order valence-electron chi connectivity index (χ0n) is 10.5. The van der Waals surface area contributed by atoms with Gasteiger partial charge in [0.1, 0.15) is 18.2 Å². The van der Waals surface area contributed by atoms with Gasteiger partial charge in [-0.05, 0) is 12.1 Å². The summed E-state index contributed by atoms with van der Waals surface area (Å²) in [6.45, 7) is 0.00259. The highest BCUT2D eigenvalue weighted by molar-refractivity contribution is 7.92. The third-order valence-corrected chi connectivity index (χ3v) is 3.33. The van der Waals surface area contributed by atoms with Gasteiger partial charge in [-0.25, -0.2) is 8.42 Å². The number of amidine groups is 1. The van der Waals surface area contributed by atoms with E-state index in [4.69, 9.17) is 20.6 Å². The number of hydrogen-bond donors (Lipinski definition) is 3. The van der Waals surface area contributed by atoms with E-state index in [9.17, 15) is 8.42 Å². The molecule has 0 amide bonds. The molecule has 1 aromatic carbocycles. The average molecular weight is 287 g/mol. The van der Waals surface area contributed by atoms with Gasteiger partial charge in [-0.2, -0.15) is 0 Å². The number of para-hydroxylation sites is 2. The molecular formula is C11H17N3O4S. The molecular weight excluding hydrogens is 270 g/mol. The number of nitrogens with two attached hydrogens (primary N) is 1. The molecule has 7 nitrogen and oxygen atoms in total. The topological polar surface area (TPSA) is 115 Å². The van der Waals surface area contributed by atoms with Crippen molar-refractivity contribution >= 4 is 21.5 Å². The molecule has 0 aliphatic heterocycles. The Balaban J connectivity index is 2.80. The van der Waals surface area contributed by atoms with Crippen molar-refractivity contribution < 1.29 is 17.9 Å². The lowest BCUT2D eigenvalue weighted by molar-refractivity contribution is 0.217. The molecule has 0 fully saturated rings. The predicted molar refractivity (Wildman–Crippen MR) is 73.1 cm³/mol. The van der Waals surface area contributed by atoms with E-state index in [1.807, 2.05) is 0 Å². The lowest BCUT2D eigenvalue weighted by atomic mass is 10.3. The highest BCUT2D eigenvalue weighted by Gasteiger charge is 2.13. The number of nitrogens with one attached hydrogen (secondary N) is 2. The second kappa shape index (κ2) is 6.95. The number of methoxy groups -OCH3 is 1. The first-order valence-corrected chi connectivity index (χ1v) is 7.14. The number of benzene rings is 1. The highest BCUT2D eigenvalue weighted by Crippen LogP contribution is 2.24. The van der Waals surface area contributed by atoms with Crippen LogP contribution >= 0.6 is 0 Å². The van der Waals surface area contributed by atoms with Crippen LogP contribution in [0.15, 0.2) is 24.3 Å². The summed E-state index contributed by atoms with van der Waals surface area (Å²) in [5.74, 6) is 0.0283. The molecule has 0 saturated carbocycles. The Bertz CT molecular complexity index is 530. The Hall–Kier alpha value is -1.80. The van der Waals surface area contributed by atoms with Crippen molar-refractivity contribution in [2.45, 2.75) is 0 Å². The van der Waals surface area contributed by atoms with Crippen molar-refractivity contribution in [1.82, 2.24) is 0 Å². The molecule has 0 aliphatic rings. The smallest absolute Gasteiger partial charge is 0.235 e. The molecule has 0 aromatic heterocycles. The van der Waals surface area contributed by atoms with Crippen LogP contribution in [0.5, 0.6) is 5.75 Å². The molecule has 0 unspecified atom stereocenters. The lowest BCUT2D eigenvalue weighted by Crippen LogP contribution is -2.22. The van der Waals surface area contributed by atoms with Gasteiger partial charge in [0, 0.05) is 7.11 Å². The Morgan fingerprint density at radius 3 is 2.74 bits per heavy atom. The van der Waals surface area contributed by atoms with Gasteiger partial charge in [0.05, 0.1) is 18.0 Å². The van der Waals surface area contributed by atoms with Gasteiger partial charge >= 0.3 is 0 Å². The molecule has 19 heavy (non-hydrogen) atoms. The number of anilines is 1. The van der Waals surface area contributed by atoms with E-state index in [2.05, 4.69) is 4.72 Å². The third-order valence-electron chi connectivity index (χ3n) is 2.09. The Morgan fingerprint density at radius 1 is 1.42 bits per heavy atom. The Kier molecular flexibility index (Phi) is 5.58. The summed E-state index contributed by atoms with van der Waals surface area (Å²) in [4.78, 5) is 0. The highest BCUT2D eigenvalue weighted by atomic mass is 32.2. The molecule has 0 atom stereocenters. The van der Waals surface area contributed by atoms with Crippen molar-refractivity contribution in [3.63, 3.8) is 0 Å². The van der Waals surface area contributed by atoms with E-state index in [1.54, 1.807) is 24.3 Å². The third kappa shape index (κ3) is 5.58. The summed E-state index contributed by atoms with van der Waals surface area (Å²) < 4.78 is 35.8. The molecule has 106 valence electrons. The second-order valence-corrected chi connectivity index (χ2v) is 5.57. The SMILES string of the molecule is COCCS(=O)(=O)Nc1ccccc1OCC(=N)N. The van der Waals surface area contributed by atoms with E-state index in [0.29, 0.717) is 11.4 Å². The van der Waals surface area contributed by atoms with E-state index >= 15 is 0 Å². The minimum Gasteiger partial charge on any atom is -0.484 e. The molecule has 0 aliphatic carbocycles. The van der Waals surface area contributed by atoms with Gasteiger partial charge in [-0.15, -0.1) is 0 Å². The predicted octanol–water partition coefficient (Wildman–Crippen LogP) is 0.389. The first-order chi connectivity index (χ1) is 8.94. The van der Waals surface area contributed by atoms with Gasteiger partial charge in [0.15, 0.2) is 0 Å². The fourth-order valence-corrected chi connectivity index (χ4v) is 2.24. The number of rotatable bonds is 8. The minimum atomic E-state index is -3.50. The Labute approximate surface area is 112 Å². The van der Waals surface area contributed by atoms with E-state index in [-0.39, 0.29) is 24.8 Å². The van der Waals surface area contributed by atoms with Gasteiger partial charge in [0.2, 0.25) is 10.0 Å². The molecule has 8 heteroatoms.